The molecule has 0 aromatic heterocycles. The fraction of sp³-hybridized carbons (Fsp3) is 0.294. The molecule has 0 radical (unpaired) electrons. The molecule has 0 heterocycles. The summed E-state index contributed by atoms with van der Waals surface area (Å²) < 4.78 is 13.6. The molecule has 0 aliphatic carbocycles. The molecule has 0 bridgehead atoms. The highest BCUT2D eigenvalue weighted by Crippen LogP contribution is 2.18. The van der Waals surface area contributed by atoms with Crippen LogP contribution in [-0.2, 0) is 6.42 Å². The van der Waals surface area contributed by atoms with E-state index in [1.807, 2.05) is 36.4 Å². The van der Waals surface area contributed by atoms with Crippen molar-refractivity contribution in [3.63, 3.8) is 0 Å². The lowest BCUT2D eigenvalue weighted by molar-refractivity contribution is 0.469. The molecule has 106 valence electrons. The van der Waals surface area contributed by atoms with Gasteiger partial charge in [-0.05, 0) is 49.6 Å². The Labute approximate surface area is 124 Å². The number of hydrogen-bond acceptors (Lipinski definition) is 1. The molecule has 3 heteroatoms. The summed E-state index contributed by atoms with van der Waals surface area (Å²) in [6.45, 7) is 4.15. The highest BCUT2D eigenvalue weighted by molar-refractivity contribution is 6.30. The molecule has 0 saturated carbocycles. The van der Waals surface area contributed by atoms with Gasteiger partial charge < -0.3 is 5.32 Å². The number of halogens is 2. The van der Waals surface area contributed by atoms with Gasteiger partial charge in [-0.15, -0.1) is 0 Å². The lowest BCUT2D eigenvalue weighted by atomic mass is 10.0. The van der Waals surface area contributed by atoms with Crippen LogP contribution in [0, 0.1) is 5.82 Å². The number of nitrogens with one attached hydrogen (secondary N) is 1. The Balaban J connectivity index is 1.98. The third kappa shape index (κ3) is 4.06. The van der Waals surface area contributed by atoms with Crippen molar-refractivity contribution in [1.82, 2.24) is 5.32 Å². The van der Waals surface area contributed by atoms with Crippen molar-refractivity contribution in [2.24, 2.45) is 0 Å². The molecule has 2 rings (SSSR count). The molecule has 0 saturated heterocycles. The number of benzene rings is 2. The van der Waals surface area contributed by atoms with Crippen LogP contribution in [0.5, 0.6) is 0 Å². The van der Waals surface area contributed by atoms with E-state index in [1.54, 1.807) is 6.07 Å². The quantitative estimate of drug-likeness (QED) is 0.837. The lowest BCUT2D eigenvalue weighted by Gasteiger charge is -2.21. The fourth-order valence-electron chi connectivity index (χ4n) is 2.35. The van der Waals surface area contributed by atoms with Crippen LogP contribution in [0.15, 0.2) is 48.5 Å². The van der Waals surface area contributed by atoms with Gasteiger partial charge in [0.25, 0.3) is 0 Å². The summed E-state index contributed by atoms with van der Waals surface area (Å²) in [5.74, 6) is -0.142. The van der Waals surface area contributed by atoms with Crippen molar-refractivity contribution in [3.05, 3.63) is 70.5 Å². The molecule has 0 aliphatic heterocycles. The third-order valence-electron chi connectivity index (χ3n) is 3.37. The molecule has 1 N–H and O–H groups in total. The number of rotatable bonds is 5. The first-order chi connectivity index (χ1) is 9.56. The summed E-state index contributed by atoms with van der Waals surface area (Å²) in [5.41, 5.74) is 1.88. The van der Waals surface area contributed by atoms with Crippen LogP contribution in [0.3, 0.4) is 0 Å². The van der Waals surface area contributed by atoms with Crippen LogP contribution in [0.4, 0.5) is 4.39 Å². The molecular formula is C17H19ClFN. The average molecular weight is 292 g/mol. The van der Waals surface area contributed by atoms with Gasteiger partial charge in [-0.2, -0.15) is 0 Å². The second kappa shape index (κ2) is 6.87. The molecule has 0 fully saturated rings. The van der Waals surface area contributed by atoms with Gasteiger partial charge in [-0.1, -0.05) is 41.9 Å². The SMILES string of the molecule is CC(Cc1ccccc1F)NC(C)c1cccc(Cl)c1. The molecule has 1 nitrogen and oxygen atoms in total. The van der Waals surface area contributed by atoms with Gasteiger partial charge in [-0.3, -0.25) is 0 Å². The van der Waals surface area contributed by atoms with E-state index in [4.69, 9.17) is 11.6 Å². The van der Waals surface area contributed by atoms with Gasteiger partial charge in [0, 0.05) is 17.1 Å². The van der Waals surface area contributed by atoms with E-state index in [2.05, 4.69) is 19.2 Å². The summed E-state index contributed by atoms with van der Waals surface area (Å²) in [7, 11) is 0. The van der Waals surface area contributed by atoms with Gasteiger partial charge >= 0.3 is 0 Å². The zero-order valence-electron chi connectivity index (χ0n) is 11.7. The molecule has 20 heavy (non-hydrogen) atoms. The van der Waals surface area contributed by atoms with Crippen molar-refractivity contribution in [3.8, 4) is 0 Å². The maximum atomic E-state index is 13.6. The molecule has 2 aromatic carbocycles. The van der Waals surface area contributed by atoms with E-state index < -0.39 is 0 Å². The van der Waals surface area contributed by atoms with E-state index in [9.17, 15) is 4.39 Å². The van der Waals surface area contributed by atoms with Crippen LogP contribution >= 0.6 is 11.6 Å². The van der Waals surface area contributed by atoms with Gasteiger partial charge in [0.15, 0.2) is 0 Å². The van der Waals surface area contributed by atoms with Gasteiger partial charge in [0.2, 0.25) is 0 Å². The molecule has 2 aromatic rings. The van der Waals surface area contributed by atoms with Crippen molar-refractivity contribution >= 4 is 11.6 Å². The maximum absolute atomic E-state index is 13.6. The smallest absolute Gasteiger partial charge is 0.126 e. The predicted molar refractivity (Wildman–Crippen MR) is 82.6 cm³/mol. The summed E-state index contributed by atoms with van der Waals surface area (Å²) in [5, 5.41) is 4.21. The minimum atomic E-state index is -0.142. The maximum Gasteiger partial charge on any atom is 0.126 e. The van der Waals surface area contributed by atoms with Crippen LogP contribution in [0.2, 0.25) is 5.02 Å². The van der Waals surface area contributed by atoms with Crippen LogP contribution in [0.1, 0.15) is 31.0 Å². The van der Waals surface area contributed by atoms with E-state index in [-0.39, 0.29) is 17.9 Å². The first-order valence-electron chi connectivity index (χ1n) is 6.81. The van der Waals surface area contributed by atoms with Gasteiger partial charge in [-0.25, -0.2) is 4.39 Å². The zero-order valence-corrected chi connectivity index (χ0v) is 12.5. The molecule has 2 atom stereocenters. The minimum Gasteiger partial charge on any atom is -0.307 e. The molecule has 2 unspecified atom stereocenters. The normalized spacial score (nSPS) is 14.0. The summed E-state index contributed by atoms with van der Waals surface area (Å²) >= 11 is 6.00. The largest absolute Gasteiger partial charge is 0.307 e. The van der Waals surface area contributed by atoms with Gasteiger partial charge in [0.1, 0.15) is 5.82 Å². The highest BCUT2D eigenvalue weighted by atomic mass is 35.5. The Kier molecular flexibility index (Phi) is 5.16. The Morgan fingerprint density at radius 3 is 2.55 bits per heavy atom. The van der Waals surface area contributed by atoms with E-state index in [0.717, 1.165) is 16.1 Å². The second-order valence-corrected chi connectivity index (χ2v) is 5.58. The molecule has 0 amide bonds. The van der Waals surface area contributed by atoms with Gasteiger partial charge in [0.05, 0.1) is 0 Å². The lowest BCUT2D eigenvalue weighted by Crippen LogP contribution is -2.31. The highest BCUT2D eigenvalue weighted by Gasteiger charge is 2.12. The van der Waals surface area contributed by atoms with E-state index in [0.29, 0.717) is 6.42 Å². The predicted octanol–water partition coefficient (Wildman–Crippen LogP) is 4.76. The average Bonchev–Trinajstić information content (AvgIpc) is 2.41. The number of hydrogen-bond donors (Lipinski definition) is 1. The van der Waals surface area contributed by atoms with Crippen molar-refractivity contribution in [2.45, 2.75) is 32.4 Å². The topological polar surface area (TPSA) is 12.0 Å². The Bertz CT molecular complexity index is 570. The van der Waals surface area contributed by atoms with Crippen molar-refractivity contribution in [2.75, 3.05) is 0 Å². The van der Waals surface area contributed by atoms with Crippen LogP contribution in [0.25, 0.3) is 0 Å². The first kappa shape index (κ1) is 15.0. The standard InChI is InChI=1S/C17H19ClFN/c1-12(10-15-6-3-4-9-17(15)19)20-13(2)14-7-5-8-16(18)11-14/h3-9,11-13,20H,10H2,1-2H3. The van der Waals surface area contributed by atoms with E-state index >= 15 is 0 Å². The Hall–Kier alpha value is -1.38. The molecule has 0 aliphatic rings. The fourth-order valence-corrected chi connectivity index (χ4v) is 2.55. The molecule has 0 spiro atoms. The summed E-state index contributed by atoms with van der Waals surface area (Å²) in [6, 6.07) is 15.1. The second-order valence-electron chi connectivity index (χ2n) is 5.14. The van der Waals surface area contributed by atoms with Crippen molar-refractivity contribution in [1.29, 1.82) is 0 Å². The summed E-state index contributed by atoms with van der Waals surface area (Å²) in [4.78, 5) is 0. The monoisotopic (exact) mass is 291 g/mol. The Morgan fingerprint density at radius 1 is 1.10 bits per heavy atom. The molecular weight excluding hydrogens is 273 g/mol. The first-order valence-corrected chi connectivity index (χ1v) is 7.19. The minimum absolute atomic E-state index is 0.142. The zero-order chi connectivity index (χ0) is 14.5. The Morgan fingerprint density at radius 2 is 1.85 bits per heavy atom. The van der Waals surface area contributed by atoms with Crippen LogP contribution in [-0.4, -0.2) is 6.04 Å². The van der Waals surface area contributed by atoms with Crippen LogP contribution < -0.4 is 5.32 Å². The van der Waals surface area contributed by atoms with E-state index in [1.165, 1.54) is 6.07 Å². The summed E-state index contributed by atoms with van der Waals surface area (Å²) in [6.07, 6.45) is 0.664. The third-order valence-corrected chi connectivity index (χ3v) is 3.60. The van der Waals surface area contributed by atoms with Crippen molar-refractivity contribution < 1.29 is 4.39 Å².